The monoisotopic (exact) mass is 426 g/mol. The Balaban J connectivity index is 2.13. The van der Waals surface area contributed by atoms with E-state index in [2.05, 4.69) is 58.7 Å². The first kappa shape index (κ1) is 15.8. The third kappa shape index (κ3) is 1.69. The van der Waals surface area contributed by atoms with Gasteiger partial charge in [0, 0.05) is 20.1 Å². The van der Waals surface area contributed by atoms with Crippen molar-refractivity contribution < 1.29 is 9.84 Å². The van der Waals surface area contributed by atoms with Crippen LogP contribution in [0.2, 0.25) is 0 Å². The molecule has 0 aromatic heterocycles. The molecule has 5 heteroatoms. The maximum Gasteiger partial charge on any atom is 0.107 e. The topological polar surface area (TPSA) is 32.8 Å². The molecule has 2 aliphatic carbocycles. The fourth-order valence-corrected chi connectivity index (χ4v) is 5.99. The van der Waals surface area contributed by atoms with Crippen molar-refractivity contribution >= 4 is 43.5 Å². The van der Waals surface area contributed by atoms with Crippen LogP contribution in [0.5, 0.6) is 0 Å². The normalized spacial score (nSPS) is 57.2. The van der Waals surface area contributed by atoms with Crippen molar-refractivity contribution in [3.63, 3.8) is 0 Å². The third-order valence-corrected chi connectivity index (χ3v) is 9.34. The number of aliphatic hydroxyl groups is 1. The van der Waals surface area contributed by atoms with Crippen LogP contribution >= 0.6 is 43.5 Å². The summed E-state index contributed by atoms with van der Waals surface area (Å²) in [6, 6.07) is 0. The highest BCUT2D eigenvalue weighted by Crippen LogP contribution is 2.71. The Morgan fingerprint density at radius 2 is 1.90 bits per heavy atom. The number of halogens is 3. The van der Waals surface area contributed by atoms with Gasteiger partial charge in [0.05, 0.1) is 11.0 Å². The zero-order chi connectivity index (χ0) is 15.1. The van der Waals surface area contributed by atoms with Crippen molar-refractivity contribution in [3.05, 3.63) is 10.6 Å². The van der Waals surface area contributed by atoms with Crippen LogP contribution < -0.4 is 0 Å². The van der Waals surface area contributed by atoms with Gasteiger partial charge in [-0.15, -0.1) is 11.6 Å². The lowest BCUT2D eigenvalue weighted by atomic mass is 9.48. The summed E-state index contributed by atoms with van der Waals surface area (Å²) in [7, 11) is 0. The van der Waals surface area contributed by atoms with Crippen molar-refractivity contribution in [1.29, 1.82) is 0 Å². The highest BCUT2D eigenvalue weighted by atomic mass is 79.9. The van der Waals surface area contributed by atoms with Crippen LogP contribution in [0.25, 0.3) is 0 Å². The van der Waals surface area contributed by atoms with Gasteiger partial charge in [0.1, 0.15) is 11.7 Å². The lowest BCUT2D eigenvalue weighted by Crippen LogP contribution is -2.64. The SMILES string of the molecule is CC1(C)C(Br)=C[C@H]2O[C@@]2(C)[C@]12C[C@H](Br)[C@@](C)(Cl)C[C@@H]2O. The molecule has 1 spiro atoms. The number of hydrogen-bond donors (Lipinski definition) is 1. The number of allylic oxidation sites excluding steroid dienone is 1. The molecule has 114 valence electrons. The van der Waals surface area contributed by atoms with E-state index in [1.165, 1.54) is 0 Å². The van der Waals surface area contributed by atoms with E-state index in [1.807, 2.05) is 6.92 Å². The Morgan fingerprint density at radius 1 is 1.30 bits per heavy atom. The second-order valence-electron chi connectivity index (χ2n) is 7.43. The Morgan fingerprint density at radius 3 is 2.50 bits per heavy atom. The van der Waals surface area contributed by atoms with Crippen molar-refractivity contribution in [2.24, 2.45) is 10.8 Å². The minimum atomic E-state index is -0.481. The molecular formula is C15H21Br2ClO2. The first-order chi connectivity index (χ1) is 8.99. The van der Waals surface area contributed by atoms with E-state index in [0.717, 1.165) is 10.9 Å². The highest BCUT2D eigenvalue weighted by molar-refractivity contribution is 9.11. The van der Waals surface area contributed by atoms with Gasteiger partial charge >= 0.3 is 0 Å². The second-order valence-corrected chi connectivity index (χ2v) is 10.2. The summed E-state index contributed by atoms with van der Waals surface area (Å²) in [4.78, 5) is -0.269. The summed E-state index contributed by atoms with van der Waals surface area (Å²) < 4.78 is 7.15. The molecule has 1 N–H and O–H groups in total. The van der Waals surface area contributed by atoms with Gasteiger partial charge in [0.25, 0.3) is 0 Å². The smallest absolute Gasteiger partial charge is 0.107 e. The molecule has 0 amide bonds. The van der Waals surface area contributed by atoms with Crippen LogP contribution in [0.4, 0.5) is 0 Å². The number of aliphatic hydroxyl groups excluding tert-OH is 1. The quantitative estimate of drug-likeness (QED) is 0.459. The first-order valence-corrected chi connectivity index (χ1v) is 9.14. The number of rotatable bonds is 0. The number of epoxide rings is 1. The number of alkyl halides is 2. The largest absolute Gasteiger partial charge is 0.392 e. The van der Waals surface area contributed by atoms with Crippen LogP contribution in [0.3, 0.4) is 0 Å². The fourth-order valence-electron chi connectivity index (χ4n) is 4.47. The van der Waals surface area contributed by atoms with Gasteiger partial charge < -0.3 is 9.84 Å². The van der Waals surface area contributed by atoms with E-state index < -0.39 is 11.0 Å². The van der Waals surface area contributed by atoms with Gasteiger partial charge in [-0.05, 0) is 32.8 Å². The summed E-state index contributed by atoms with van der Waals surface area (Å²) >= 11 is 14.0. The van der Waals surface area contributed by atoms with E-state index in [4.69, 9.17) is 16.3 Å². The average Bonchev–Trinajstić information content (AvgIpc) is 2.94. The molecule has 0 unspecified atom stereocenters. The lowest BCUT2D eigenvalue weighted by molar-refractivity contribution is -0.124. The molecule has 0 aromatic rings. The predicted molar refractivity (Wildman–Crippen MR) is 88.7 cm³/mol. The molecule has 2 nitrogen and oxygen atoms in total. The van der Waals surface area contributed by atoms with E-state index in [1.54, 1.807) is 0 Å². The molecule has 0 bridgehead atoms. The van der Waals surface area contributed by atoms with Gasteiger partial charge in [0.2, 0.25) is 0 Å². The summed E-state index contributed by atoms with van der Waals surface area (Å²) in [6.07, 6.45) is 3.14. The van der Waals surface area contributed by atoms with E-state index >= 15 is 0 Å². The molecule has 0 radical (unpaired) electrons. The van der Waals surface area contributed by atoms with Crippen LogP contribution in [0.1, 0.15) is 40.5 Å². The van der Waals surface area contributed by atoms with Crippen molar-refractivity contribution in [2.75, 3.05) is 0 Å². The minimum Gasteiger partial charge on any atom is -0.392 e. The Labute approximate surface area is 142 Å². The van der Waals surface area contributed by atoms with Gasteiger partial charge in [-0.3, -0.25) is 0 Å². The molecule has 20 heavy (non-hydrogen) atoms. The summed E-state index contributed by atoms with van der Waals surface area (Å²) in [5.74, 6) is 0. The predicted octanol–water partition coefficient (Wildman–Crippen LogP) is 4.36. The molecule has 3 rings (SSSR count). The molecule has 2 fully saturated rings. The molecule has 3 aliphatic rings. The molecule has 1 saturated heterocycles. The van der Waals surface area contributed by atoms with E-state index in [9.17, 15) is 5.11 Å². The summed E-state index contributed by atoms with van der Waals surface area (Å²) in [5, 5.41) is 11.0. The zero-order valence-electron chi connectivity index (χ0n) is 12.2. The van der Waals surface area contributed by atoms with Gasteiger partial charge in [-0.25, -0.2) is 0 Å². The fraction of sp³-hybridized carbons (Fsp3) is 0.867. The van der Waals surface area contributed by atoms with Gasteiger partial charge in [-0.2, -0.15) is 0 Å². The molecular weight excluding hydrogens is 407 g/mol. The molecule has 1 heterocycles. The van der Waals surface area contributed by atoms with Crippen LogP contribution in [-0.2, 0) is 4.74 Å². The molecule has 1 aliphatic heterocycles. The molecule has 0 aromatic carbocycles. The maximum absolute atomic E-state index is 11.0. The number of hydrogen-bond acceptors (Lipinski definition) is 2. The maximum atomic E-state index is 11.0. The Hall–Kier alpha value is 0.910. The molecule has 6 atom stereocenters. The van der Waals surface area contributed by atoms with Crippen LogP contribution in [0, 0.1) is 10.8 Å². The van der Waals surface area contributed by atoms with Gasteiger partial charge in [-0.1, -0.05) is 45.7 Å². The van der Waals surface area contributed by atoms with Crippen LogP contribution in [0.15, 0.2) is 10.6 Å². The zero-order valence-corrected chi connectivity index (χ0v) is 16.1. The Bertz CT molecular complexity index is 490. The highest BCUT2D eigenvalue weighted by Gasteiger charge is 2.76. The van der Waals surface area contributed by atoms with E-state index in [-0.39, 0.29) is 27.4 Å². The molecule has 1 saturated carbocycles. The number of ether oxygens (including phenoxy) is 1. The average molecular weight is 429 g/mol. The van der Waals surface area contributed by atoms with Crippen LogP contribution in [-0.4, -0.2) is 32.6 Å². The van der Waals surface area contributed by atoms with Crippen molar-refractivity contribution in [1.82, 2.24) is 0 Å². The van der Waals surface area contributed by atoms with Crippen molar-refractivity contribution in [3.8, 4) is 0 Å². The van der Waals surface area contributed by atoms with Gasteiger partial charge in [0.15, 0.2) is 0 Å². The standard InChI is InChI=1S/C15H21Br2ClO2/c1-12(2)8(16)5-11-14(4,20-11)15(12)6-9(17)13(3,18)7-10(15)19/h5,9-11,19H,6-7H2,1-4H3/t9-,10-,11+,13-,14+,15-/m0/s1. The van der Waals surface area contributed by atoms with E-state index in [0.29, 0.717) is 6.42 Å². The second kappa shape index (κ2) is 4.25. The first-order valence-electron chi connectivity index (χ1n) is 7.06. The third-order valence-electron chi connectivity index (χ3n) is 6.07. The lowest BCUT2D eigenvalue weighted by Gasteiger charge is -2.59. The summed E-state index contributed by atoms with van der Waals surface area (Å²) in [5.41, 5.74) is -0.818. The minimum absolute atomic E-state index is 0.0962. The number of fused-ring (bicyclic) bond motifs is 2. The summed E-state index contributed by atoms with van der Waals surface area (Å²) in [6.45, 7) is 8.51. The Kier molecular flexibility index (Phi) is 3.36. The van der Waals surface area contributed by atoms with Crippen molar-refractivity contribution in [2.45, 2.75) is 68.0 Å².